The van der Waals surface area contributed by atoms with Crippen molar-refractivity contribution in [2.45, 2.75) is 13.3 Å². The van der Waals surface area contributed by atoms with Gasteiger partial charge in [0.2, 0.25) is 0 Å². The van der Waals surface area contributed by atoms with Crippen molar-refractivity contribution in [3.63, 3.8) is 0 Å². The van der Waals surface area contributed by atoms with Crippen molar-refractivity contribution in [1.29, 1.82) is 0 Å². The van der Waals surface area contributed by atoms with E-state index in [0.717, 1.165) is 4.47 Å². The monoisotopic (exact) mass is 415 g/mol. The fourth-order valence-electron chi connectivity index (χ4n) is 2.00. The van der Waals surface area contributed by atoms with E-state index in [-0.39, 0.29) is 24.3 Å². The molecule has 0 amide bonds. The van der Waals surface area contributed by atoms with Gasteiger partial charge in [-0.15, -0.1) is 0 Å². The summed E-state index contributed by atoms with van der Waals surface area (Å²) in [6.07, 6.45) is 1.75. The number of nitrogens with zero attached hydrogens (tertiary/aromatic N) is 1. The molecule has 0 aliphatic rings. The summed E-state index contributed by atoms with van der Waals surface area (Å²) in [6.45, 7) is 2.32. The van der Waals surface area contributed by atoms with Gasteiger partial charge < -0.3 is 15.4 Å². The van der Waals surface area contributed by atoms with E-state index >= 15 is 0 Å². The van der Waals surface area contributed by atoms with Crippen LogP contribution in [-0.2, 0) is 6.42 Å². The molecule has 0 unspecified atom stereocenters. The Morgan fingerprint density at radius 2 is 2.12 bits per heavy atom. The van der Waals surface area contributed by atoms with Crippen molar-refractivity contribution in [3.8, 4) is 5.75 Å². The summed E-state index contributed by atoms with van der Waals surface area (Å²) in [5.74, 6) is -0.674. The summed E-state index contributed by atoms with van der Waals surface area (Å²) in [4.78, 5) is 4.12. The molecular formula is C16H16BrF2N3OS. The van der Waals surface area contributed by atoms with E-state index in [9.17, 15) is 8.78 Å². The summed E-state index contributed by atoms with van der Waals surface area (Å²) < 4.78 is 33.9. The lowest BCUT2D eigenvalue weighted by atomic mass is 10.1. The first-order valence-corrected chi connectivity index (χ1v) is 8.48. The van der Waals surface area contributed by atoms with Gasteiger partial charge in [0.1, 0.15) is 11.6 Å². The highest BCUT2D eigenvalue weighted by Gasteiger charge is 2.14. The Kier molecular flexibility index (Phi) is 6.86. The summed E-state index contributed by atoms with van der Waals surface area (Å²) in [5.41, 5.74) is -0.0322. The van der Waals surface area contributed by atoms with E-state index < -0.39 is 11.6 Å². The first-order valence-electron chi connectivity index (χ1n) is 7.28. The number of benzene rings is 1. The molecule has 2 N–H and O–H groups in total. The Morgan fingerprint density at radius 3 is 2.83 bits per heavy atom. The molecule has 128 valence electrons. The number of thiocarbonyl (C=S) groups is 1. The molecule has 1 aromatic carbocycles. The highest BCUT2D eigenvalue weighted by atomic mass is 79.9. The summed E-state index contributed by atoms with van der Waals surface area (Å²) in [5, 5.41) is 6.12. The van der Waals surface area contributed by atoms with Gasteiger partial charge in [0.25, 0.3) is 0 Å². The lowest BCUT2D eigenvalue weighted by Gasteiger charge is -2.13. The minimum absolute atomic E-state index is 0.0322. The maximum atomic E-state index is 14.2. The number of halogens is 3. The molecule has 0 saturated carbocycles. The third-order valence-corrected chi connectivity index (χ3v) is 3.99. The highest BCUT2D eigenvalue weighted by molar-refractivity contribution is 9.10. The number of aromatic nitrogens is 1. The van der Waals surface area contributed by atoms with Crippen molar-refractivity contribution in [3.05, 3.63) is 52.1 Å². The number of ether oxygens (including phenoxy) is 1. The predicted octanol–water partition coefficient (Wildman–Crippen LogP) is 4.05. The topological polar surface area (TPSA) is 46.2 Å². The maximum Gasteiger partial charge on any atom is 0.171 e. The van der Waals surface area contributed by atoms with E-state index in [1.54, 1.807) is 19.2 Å². The van der Waals surface area contributed by atoms with Crippen LogP contribution in [-0.4, -0.2) is 23.2 Å². The van der Waals surface area contributed by atoms with Crippen LogP contribution >= 0.6 is 28.1 Å². The number of hydrogen-bond donors (Lipinski definition) is 2. The van der Waals surface area contributed by atoms with Crippen LogP contribution in [0.15, 0.2) is 34.9 Å². The second kappa shape index (κ2) is 8.89. The summed E-state index contributed by atoms with van der Waals surface area (Å²) in [7, 11) is 0. The van der Waals surface area contributed by atoms with Crippen LogP contribution in [0.25, 0.3) is 0 Å². The second-order valence-corrected chi connectivity index (χ2v) is 6.00. The number of rotatable bonds is 6. The first-order chi connectivity index (χ1) is 11.5. The molecule has 0 spiro atoms. The number of nitrogens with one attached hydrogen (secondary N) is 2. The van der Waals surface area contributed by atoms with Gasteiger partial charge in [0.05, 0.1) is 11.1 Å². The van der Waals surface area contributed by atoms with Crippen molar-refractivity contribution < 1.29 is 13.5 Å². The van der Waals surface area contributed by atoms with Gasteiger partial charge in [-0.3, -0.25) is 0 Å². The molecule has 1 aromatic heterocycles. The van der Waals surface area contributed by atoms with Crippen LogP contribution in [0.5, 0.6) is 5.75 Å². The molecule has 2 rings (SSSR count). The zero-order chi connectivity index (χ0) is 17.5. The van der Waals surface area contributed by atoms with E-state index in [1.807, 2.05) is 6.07 Å². The molecule has 4 nitrogen and oxygen atoms in total. The Bertz CT molecular complexity index is 730. The van der Waals surface area contributed by atoms with Gasteiger partial charge in [0.15, 0.2) is 16.7 Å². The van der Waals surface area contributed by atoms with Gasteiger partial charge in [0, 0.05) is 18.3 Å². The zero-order valence-electron chi connectivity index (χ0n) is 12.9. The van der Waals surface area contributed by atoms with Crippen molar-refractivity contribution in [2.24, 2.45) is 0 Å². The Balaban J connectivity index is 1.93. The van der Waals surface area contributed by atoms with Crippen LogP contribution in [0, 0.1) is 11.6 Å². The van der Waals surface area contributed by atoms with Gasteiger partial charge in [-0.25, -0.2) is 13.8 Å². The minimum atomic E-state index is -0.676. The SMILES string of the molecule is CCOc1ccc(F)c(CCNC(=S)Nc2ncccc2Br)c1F. The fraction of sp³-hybridized carbons (Fsp3) is 0.250. The third-order valence-electron chi connectivity index (χ3n) is 3.10. The summed E-state index contributed by atoms with van der Waals surface area (Å²) >= 11 is 8.49. The number of anilines is 1. The van der Waals surface area contributed by atoms with Gasteiger partial charge in [-0.2, -0.15) is 0 Å². The third kappa shape index (κ3) is 4.85. The second-order valence-electron chi connectivity index (χ2n) is 4.74. The average Bonchev–Trinajstić information content (AvgIpc) is 2.55. The lowest BCUT2D eigenvalue weighted by Crippen LogP contribution is -2.31. The quantitative estimate of drug-likeness (QED) is 0.696. The minimum Gasteiger partial charge on any atom is -0.491 e. The smallest absolute Gasteiger partial charge is 0.171 e. The molecule has 0 aliphatic heterocycles. The van der Waals surface area contributed by atoms with E-state index in [2.05, 4.69) is 31.5 Å². The fourth-order valence-corrected chi connectivity index (χ4v) is 2.56. The summed E-state index contributed by atoms with van der Waals surface area (Å²) in [6, 6.07) is 6.09. The van der Waals surface area contributed by atoms with Crippen LogP contribution in [0.1, 0.15) is 12.5 Å². The molecule has 8 heteroatoms. The molecule has 1 heterocycles. The first kappa shape index (κ1) is 18.5. The van der Waals surface area contributed by atoms with Crippen LogP contribution < -0.4 is 15.4 Å². The average molecular weight is 416 g/mol. The molecule has 0 fully saturated rings. The van der Waals surface area contributed by atoms with Crippen LogP contribution in [0.4, 0.5) is 14.6 Å². The van der Waals surface area contributed by atoms with Crippen LogP contribution in [0.2, 0.25) is 0 Å². The molecule has 24 heavy (non-hydrogen) atoms. The van der Waals surface area contributed by atoms with E-state index in [1.165, 1.54) is 12.1 Å². The number of hydrogen-bond acceptors (Lipinski definition) is 3. The number of pyridine rings is 1. The van der Waals surface area contributed by atoms with Crippen molar-refractivity contribution in [2.75, 3.05) is 18.5 Å². The Hall–Kier alpha value is -1.80. The van der Waals surface area contributed by atoms with Gasteiger partial charge in [-0.05, 0) is 65.8 Å². The van der Waals surface area contributed by atoms with E-state index in [4.69, 9.17) is 17.0 Å². The van der Waals surface area contributed by atoms with Crippen molar-refractivity contribution >= 4 is 39.1 Å². The van der Waals surface area contributed by atoms with Gasteiger partial charge >= 0.3 is 0 Å². The maximum absolute atomic E-state index is 14.2. The molecule has 0 aliphatic carbocycles. The standard InChI is InChI=1S/C16H16BrF2N3OS/c1-2-23-13-6-5-12(18)10(14(13)19)7-9-21-16(24)22-15-11(17)4-3-8-20-15/h3-6,8H,2,7,9H2,1H3,(H2,20,21,22,24). The molecule has 0 radical (unpaired) electrons. The molecule has 0 atom stereocenters. The van der Waals surface area contributed by atoms with E-state index in [0.29, 0.717) is 17.5 Å². The molecule has 0 saturated heterocycles. The molecule has 2 aromatic rings. The van der Waals surface area contributed by atoms with Gasteiger partial charge in [-0.1, -0.05) is 0 Å². The Morgan fingerprint density at radius 1 is 1.33 bits per heavy atom. The highest BCUT2D eigenvalue weighted by Crippen LogP contribution is 2.23. The normalized spacial score (nSPS) is 10.3. The molecule has 0 bridgehead atoms. The predicted molar refractivity (Wildman–Crippen MR) is 97.4 cm³/mol. The molecular weight excluding hydrogens is 400 g/mol. The van der Waals surface area contributed by atoms with Crippen LogP contribution in [0.3, 0.4) is 0 Å². The van der Waals surface area contributed by atoms with Crippen molar-refractivity contribution in [1.82, 2.24) is 10.3 Å². The lowest BCUT2D eigenvalue weighted by molar-refractivity contribution is 0.318. The Labute approximate surface area is 152 Å². The largest absolute Gasteiger partial charge is 0.491 e. The zero-order valence-corrected chi connectivity index (χ0v) is 15.3.